The molecule has 1 fully saturated rings. The molecule has 4 aromatic carbocycles. The number of amides is 3. The van der Waals surface area contributed by atoms with Crippen LogP contribution in [0.15, 0.2) is 91.0 Å². The van der Waals surface area contributed by atoms with Crippen LogP contribution in [0.3, 0.4) is 0 Å². The Balaban J connectivity index is 1.31. The maximum atomic E-state index is 13.5. The number of anilines is 2. The standard InChI is InChI=1S/C36H37N5O3/c1-24-13-15-25(16-14-24)41-33(23-32(39-41)36(2,3)4)38-35(43)37-31-18-17-28(26-9-5-7-11-29(26)31)27-10-6-8-12-30(27)34(42)40-19-21-44-22-20-40/h5-18,23H,19-22H2,1-4H3,(H2,37,38,43). The monoisotopic (exact) mass is 587 g/mol. The lowest BCUT2D eigenvalue weighted by Crippen LogP contribution is -2.40. The van der Waals surface area contributed by atoms with E-state index in [-0.39, 0.29) is 17.4 Å². The van der Waals surface area contributed by atoms with Gasteiger partial charge in [0.1, 0.15) is 5.82 Å². The van der Waals surface area contributed by atoms with Gasteiger partial charge < -0.3 is 15.0 Å². The maximum absolute atomic E-state index is 13.5. The second-order valence-electron chi connectivity index (χ2n) is 12.1. The molecule has 2 N–H and O–H groups in total. The van der Waals surface area contributed by atoms with Crippen LogP contribution in [0.25, 0.3) is 27.6 Å². The van der Waals surface area contributed by atoms with Crippen molar-refractivity contribution in [1.82, 2.24) is 14.7 Å². The normalized spacial score (nSPS) is 13.6. The number of hydrogen-bond acceptors (Lipinski definition) is 4. The molecule has 1 saturated heterocycles. The predicted molar refractivity (Wildman–Crippen MR) is 176 cm³/mol. The van der Waals surface area contributed by atoms with E-state index >= 15 is 0 Å². The van der Waals surface area contributed by atoms with Crippen molar-refractivity contribution in [3.8, 4) is 16.8 Å². The third-order valence-electron chi connectivity index (χ3n) is 7.92. The summed E-state index contributed by atoms with van der Waals surface area (Å²) in [5.41, 5.74) is 5.77. The highest BCUT2D eigenvalue weighted by atomic mass is 16.5. The van der Waals surface area contributed by atoms with E-state index in [9.17, 15) is 9.59 Å². The number of carbonyl (C=O) groups is 2. The third kappa shape index (κ3) is 5.94. The Morgan fingerprint density at radius 1 is 0.795 bits per heavy atom. The number of morpholine rings is 1. The summed E-state index contributed by atoms with van der Waals surface area (Å²) < 4.78 is 7.22. The first-order chi connectivity index (χ1) is 21.2. The van der Waals surface area contributed by atoms with E-state index in [0.29, 0.717) is 43.4 Å². The van der Waals surface area contributed by atoms with Crippen molar-refractivity contribution in [3.05, 3.63) is 108 Å². The van der Waals surface area contributed by atoms with E-state index in [0.717, 1.165) is 38.8 Å². The first-order valence-corrected chi connectivity index (χ1v) is 14.9. The van der Waals surface area contributed by atoms with Crippen molar-refractivity contribution >= 4 is 34.2 Å². The Bertz CT molecular complexity index is 1830. The largest absolute Gasteiger partial charge is 0.378 e. The van der Waals surface area contributed by atoms with Gasteiger partial charge in [0.25, 0.3) is 5.91 Å². The third-order valence-corrected chi connectivity index (χ3v) is 7.92. The number of fused-ring (bicyclic) bond motifs is 1. The summed E-state index contributed by atoms with van der Waals surface area (Å²) in [6.07, 6.45) is 0. The lowest BCUT2D eigenvalue weighted by molar-refractivity contribution is 0.0303. The molecule has 2 heterocycles. The minimum atomic E-state index is -0.375. The van der Waals surface area contributed by atoms with Crippen LogP contribution in [0.5, 0.6) is 0 Å². The van der Waals surface area contributed by atoms with E-state index in [4.69, 9.17) is 9.84 Å². The second kappa shape index (κ2) is 12.0. The van der Waals surface area contributed by atoms with E-state index in [2.05, 4.69) is 31.4 Å². The Hall–Kier alpha value is -4.95. The fourth-order valence-electron chi connectivity index (χ4n) is 5.47. The van der Waals surface area contributed by atoms with Crippen LogP contribution in [0.2, 0.25) is 0 Å². The van der Waals surface area contributed by atoms with Crippen molar-refractivity contribution in [1.29, 1.82) is 0 Å². The van der Waals surface area contributed by atoms with Crippen LogP contribution in [-0.4, -0.2) is 52.9 Å². The van der Waals surface area contributed by atoms with Gasteiger partial charge >= 0.3 is 6.03 Å². The summed E-state index contributed by atoms with van der Waals surface area (Å²) in [5, 5.41) is 12.7. The van der Waals surface area contributed by atoms with Gasteiger partial charge in [0.05, 0.1) is 30.3 Å². The molecule has 8 heteroatoms. The van der Waals surface area contributed by atoms with E-state index in [1.807, 2.05) is 103 Å². The van der Waals surface area contributed by atoms with E-state index in [1.54, 1.807) is 4.68 Å². The molecule has 0 unspecified atom stereocenters. The number of hydrogen-bond donors (Lipinski definition) is 2. The van der Waals surface area contributed by atoms with Crippen molar-refractivity contribution < 1.29 is 14.3 Å². The number of ether oxygens (including phenoxy) is 1. The second-order valence-corrected chi connectivity index (χ2v) is 12.1. The summed E-state index contributed by atoms with van der Waals surface area (Å²) >= 11 is 0. The van der Waals surface area contributed by atoms with Gasteiger partial charge in [-0.2, -0.15) is 5.10 Å². The summed E-state index contributed by atoms with van der Waals surface area (Å²) in [7, 11) is 0. The zero-order chi connectivity index (χ0) is 30.8. The van der Waals surface area contributed by atoms with Gasteiger partial charge in [-0.1, -0.05) is 87.0 Å². The van der Waals surface area contributed by atoms with Crippen LogP contribution in [-0.2, 0) is 10.2 Å². The molecule has 1 aliphatic heterocycles. The minimum Gasteiger partial charge on any atom is -0.378 e. The van der Waals surface area contributed by atoms with Crippen LogP contribution < -0.4 is 10.6 Å². The molecule has 0 atom stereocenters. The SMILES string of the molecule is Cc1ccc(-n2nc(C(C)(C)C)cc2NC(=O)Nc2ccc(-c3ccccc3C(=O)N3CCOCC3)c3ccccc23)cc1. The topological polar surface area (TPSA) is 88.5 Å². The number of carbonyl (C=O) groups excluding carboxylic acids is 2. The smallest absolute Gasteiger partial charge is 0.324 e. The molecule has 44 heavy (non-hydrogen) atoms. The zero-order valence-electron chi connectivity index (χ0n) is 25.6. The molecular formula is C36H37N5O3. The Kier molecular flexibility index (Phi) is 7.93. The van der Waals surface area contributed by atoms with Gasteiger partial charge in [-0.15, -0.1) is 0 Å². The van der Waals surface area contributed by atoms with E-state index in [1.165, 1.54) is 0 Å². The number of benzene rings is 4. The van der Waals surface area contributed by atoms with Gasteiger partial charge in [-0.25, -0.2) is 9.48 Å². The molecule has 1 aliphatic rings. The van der Waals surface area contributed by atoms with Crippen LogP contribution in [0, 0.1) is 6.92 Å². The number of urea groups is 1. The lowest BCUT2D eigenvalue weighted by atomic mass is 9.92. The van der Waals surface area contributed by atoms with Crippen molar-refractivity contribution in [2.75, 3.05) is 36.9 Å². The molecule has 5 aromatic rings. The predicted octanol–water partition coefficient (Wildman–Crippen LogP) is 7.41. The lowest BCUT2D eigenvalue weighted by Gasteiger charge is -2.27. The number of nitrogens with one attached hydrogen (secondary N) is 2. The zero-order valence-corrected chi connectivity index (χ0v) is 25.6. The first kappa shape index (κ1) is 29.1. The van der Waals surface area contributed by atoms with Gasteiger partial charge in [-0.05, 0) is 47.7 Å². The molecule has 8 nitrogen and oxygen atoms in total. The van der Waals surface area contributed by atoms with E-state index < -0.39 is 0 Å². The summed E-state index contributed by atoms with van der Waals surface area (Å²) in [6, 6.07) is 29.1. The van der Waals surface area contributed by atoms with Crippen LogP contribution in [0.4, 0.5) is 16.3 Å². The van der Waals surface area contributed by atoms with Gasteiger partial charge in [0.15, 0.2) is 0 Å². The summed E-state index contributed by atoms with van der Waals surface area (Å²) in [5.74, 6) is 0.571. The highest BCUT2D eigenvalue weighted by Gasteiger charge is 2.24. The van der Waals surface area contributed by atoms with Crippen LogP contribution >= 0.6 is 0 Å². The fourth-order valence-corrected chi connectivity index (χ4v) is 5.47. The average Bonchev–Trinajstić information content (AvgIpc) is 3.46. The Morgan fingerprint density at radius 3 is 2.20 bits per heavy atom. The molecule has 0 radical (unpaired) electrons. The van der Waals surface area contributed by atoms with Gasteiger partial charge in [0, 0.05) is 35.5 Å². The maximum Gasteiger partial charge on any atom is 0.324 e. The average molecular weight is 588 g/mol. The van der Waals surface area contributed by atoms with Crippen molar-refractivity contribution in [2.24, 2.45) is 0 Å². The molecule has 0 saturated carbocycles. The summed E-state index contributed by atoms with van der Waals surface area (Å²) in [4.78, 5) is 28.8. The molecule has 0 bridgehead atoms. The molecular weight excluding hydrogens is 550 g/mol. The molecule has 0 aliphatic carbocycles. The molecule has 6 rings (SSSR count). The highest BCUT2D eigenvalue weighted by molar-refractivity contribution is 6.12. The quantitative estimate of drug-likeness (QED) is 0.224. The number of aromatic nitrogens is 2. The van der Waals surface area contributed by atoms with Crippen LogP contribution in [0.1, 0.15) is 42.4 Å². The number of nitrogens with zero attached hydrogens (tertiary/aromatic N) is 3. The van der Waals surface area contributed by atoms with Crippen molar-refractivity contribution in [2.45, 2.75) is 33.1 Å². The Labute approximate surface area is 257 Å². The first-order valence-electron chi connectivity index (χ1n) is 14.9. The minimum absolute atomic E-state index is 0.00521. The fraction of sp³-hybridized carbons (Fsp3) is 0.250. The molecule has 0 spiro atoms. The molecule has 224 valence electrons. The molecule has 3 amide bonds. The number of aryl methyl sites for hydroxylation is 1. The van der Waals surface area contributed by atoms with Crippen molar-refractivity contribution in [3.63, 3.8) is 0 Å². The summed E-state index contributed by atoms with van der Waals surface area (Å²) in [6.45, 7) is 10.6. The molecule has 1 aromatic heterocycles. The number of rotatable bonds is 5. The van der Waals surface area contributed by atoms with Gasteiger partial charge in [0.2, 0.25) is 0 Å². The van der Waals surface area contributed by atoms with Gasteiger partial charge in [-0.3, -0.25) is 10.1 Å². The highest BCUT2D eigenvalue weighted by Crippen LogP contribution is 2.36. The Morgan fingerprint density at radius 2 is 1.48 bits per heavy atom.